The Morgan fingerprint density at radius 3 is 2.74 bits per heavy atom. The Morgan fingerprint density at radius 2 is 2.11 bits per heavy atom. The zero-order chi connectivity index (χ0) is 13.7. The predicted molar refractivity (Wildman–Crippen MR) is 82.3 cm³/mol. The van der Waals surface area contributed by atoms with Crippen molar-refractivity contribution in [3.63, 3.8) is 0 Å². The third-order valence-electron chi connectivity index (χ3n) is 3.72. The van der Waals surface area contributed by atoms with E-state index in [0.29, 0.717) is 12.6 Å². The smallest absolute Gasteiger partial charge is 0.0847 e. The van der Waals surface area contributed by atoms with E-state index in [-0.39, 0.29) is 5.88 Å². The summed E-state index contributed by atoms with van der Waals surface area (Å²) in [5, 5.41) is 12.6. The lowest BCUT2D eigenvalue weighted by Crippen LogP contribution is -2.37. The van der Waals surface area contributed by atoms with Crippen LogP contribution in [-0.2, 0) is 0 Å². The molecule has 19 heavy (non-hydrogen) atoms. The lowest BCUT2D eigenvalue weighted by atomic mass is 10.0. The summed E-state index contributed by atoms with van der Waals surface area (Å²) < 4.78 is 0. The molecule has 3 nitrogen and oxygen atoms in total. The van der Waals surface area contributed by atoms with Gasteiger partial charge < -0.3 is 15.3 Å². The van der Waals surface area contributed by atoms with Gasteiger partial charge in [0.05, 0.1) is 12.0 Å². The number of aliphatic hydroxyl groups is 1. The summed E-state index contributed by atoms with van der Waals surface area (Å²) >= 11 is 5.56. The van der Waals surface area contributed by atoms with Crippen LogP contribution in [-0.4, -0.2) is 36.2 Å². The van der Waals surface area contributed by atoms with E-state index in [9.17, 15) is 5.11 Å². The van der Waals surface area contributed by atoms with Gasteiger partial charge in [-0.25, -0.2) is 0 Å². The fraction of sp³-hybridized carbons (Fsp3) is 0.600. The average molecular weight is 283 g/mol. The molecule has 0 aliphatic carbocycles. The second-order valence-electron chi connectivity index (χ2n) is 5.27. The number of rotatable bonds is 5. The SMILES string of the molecule is CC1CCCCN1c1ccc(NCC(O)CCl)cc1. The molecule has 2 unspecified atom stereocenters. The molecular weight excluding hydrogens is 260 g/mol. The summed E-state index contributed by atoms with van der Waals surface area (Å²) in [5.74, 6) is 0.260. The van der Waals surface area contributed by atoms with Gasteiger partial charge in [-0.15, -0.1) is 11.6 Å². The number of halogens is 1. The van der Waals surface area contributed by atoms with Crippen molar-refractivity contribution >= 4 is 23.0 Å². The molecule has 1 aromatic rings. The van der Waals surface area contributed by atoms with Crippen molar-refractivity contribution in [2.75, 3.05) is 29.2 Å². The summed E-state index contributed by atoms with van der Waals surface area (Å²) in [4.78, 5) is 2.47. The first-order chi connectivity index (χ1) is 9.20. The van der Waals surface area contributed by atoms with Crippen molar-refractivity contribution < 1.29 is 5.11 Å². The number of nitrogens with zero attached hydrogens (tertiary/aromatic N) is 1. The monoisotopic (exact) mass is 282 g/mol. The van der Waals surface area contributed by atoms with E-state index in [1.54, 1.807) is 0 Å². The molecule has 0 radical (unpaired) electrons. The van der Waals surface area contributed by atoms with Gasteiger partial charge in [0.15, 0.2) is 0 Å². The van der Waals surface area contributed by atoms with Crippen molar-refractivity contribution in [3.05, 3.63) is 24.3 Å². The van der Waals surface area contributed by atoms with Gasteiger partial charge in [0.2, 0.25) is 0 Å². The highest BCUT2D eigenvalue weighted by Crippen LogP contribution is 2.25. The maximum absolute atomic E-state index is 9.41. The second-order valence-corrected chi connectivity index (χ2v) is 5.58. The van der Waals surface area contributed by atoms with Gasteiger partial charge in [0, 0.05) is 30.5 Å². The van der Waals surface area contributed by atoms with Gasteiger partial charge in [-0.05, 0) is 50.5 Å². The topological polar surface area (TPSA) is 35.5 Å². The summed E-state index contributed by atoms with van der Waals surface area (Å²) in [6, 6.07) is 9.06. The van der Waals surface area contributed by atoms with E-state index in [1.165, 1.54) is 24.9 Å². The highest BCUT2D eigenvalue weighted by Gasteiger charge is 2.18. The van der Waals surface area contributed by atoms with Gasteiger partial charge in [0.1, 0.15) is 0 Å². The van der Waals surface area contributed by atoms with Crippen LogP contribution in [0.25, 0.3) is 0 Å². The number of anilines is 2. The zero-order valence-electron chi connectivity index (χ0n) is 11.5. The zero-order valence-corrected chi connectivity index (χ0v) is 12.2. The van der Waals surface area contributed by atoms with Crippen LogP contribution in [0.15, 0.2) is 24.3 Å². The second kappa shape index (κ2) is 7.01. The first-order valence-corrected chi connectivity index (χ1v) is 7.59. The molecule has 1 fully saturated rings. The van der Waals surface area contributed by atoms with Crippen LogP contribution < -0.4 is 10.2 Å². The van der Waals surface area contributed by atoms with Gasteiger partial charge in [-0.1, -0.05) is 0 Å². The number of hydrogen-bond acceptors (Lipinski definition) is 3. The highest BCUT2D eigenvalue weighted by molar-refractivity contribution is 6.18. The summed E-state index contributed by atoms with van der Waals surface area (Å²) in [6.45, 7) is 3.93. The summed E-state index contributed by atoms with van der Waals surface area (Å²) in [6.07, 6.45) is 3.41. The first kappa shape index (κ1) is 14.5. The fourth-order valence-corrected chi connectivity index (χ4v) is 2.65. The molecule has 0 saturated carbocycles. The molecule has 2 N–H and O–H groups in total. The van der Waals surface area contributed by atoms with Crippen molar-refractivity contribution in [2.24, 2.45) is 0 Å². The van der Waals surface area contributed by atoms with E-state index >= 15 is 0 Å². The van der Waals surface area contributed by atoms with Crippen LogP contribution in [0.1, 0.15) is 26.2 Å². The highest BCUT2D eigenvalue weighted by atomic mass is 35.5. The Balaban J connectivity index is 1.94. The fourth-order valence-electron chi connectivity index (χ4n) is 2.54. The number of hydrogen-bond donors (Lipinski definition) is 2. The van der Waals surface area contributed by atoms with Crippen LogP contribution in [0, 0.1) is 0 Å². The Bertz CT molecular complexity index is 382. The van der Waals surface area contributed by atoms with Gasteiger partial charge >= 0.3 is 0 Å². The predicted octanol–water partition coefficient (Wildman–Crippen LogP) is 3.08. The minimum atomic E-state index is -0.497. The molecule has 0 spiro atoms. The Labute approximate surface area is 120 Å². The molecule has 4 heteroatoms. The standard InChI is InChI=1S/C15H23ClN2O/c1-12-4-2-3-9-18(12)14-7-5-13(6-8-14)17-11-15(19)10-16/h5-8,12,15,17,19H,2-4,9-11H2,1H3. The lowest BCUT2D eigenvalue weighted by molar-refractivity contribution is 0.211. The number of alkyl halides is 1. The van der Waals surface area contributed by atoms with Crippen molar-refractivity contribution in [2.45, 2.75) is 38.3 Å². The van der Waals surface area contributed by atoms with Crippen molar-refractivity contribution in [1.82, 2.24) is 0 Å². The van der Waals surface area contributed by atoms with Gasteiger partial charge in [-0.2, -0.15) is 0 Å². The number of aliphatic hydroxyl groups excluding tert-OH is 1. The average Bonchev–Trinajstić information content (AvgIpc) is 2.46. The van der Waals surface area contributed by atoms with Gasteiger partial charge in [-0.3, -0.25) is 0 Å². The molecule has 1 heterocycles. The quantitative estimate of drug-likeness (QED) is 0.815. The Hall–Kier alpha value is -0.930. The van der Waals surface area contributed by atoms with E-state index in [2.05, 4.69) is 41.4 Å². The Morgan fingerprint density at radius 1 is 1.37 bits per heavy atom. The normalized spacial score (nSPS) is 21.2. The van der Waals surface area contributed by atoms with E-state index in [4.69, 9.17) is 11.6 Å². The minimum absolute atomic E-state index is 0.260. The van der Waals surface area contributed by atoms with Crippen LogP contribution in [0.4, 0.5) is 11.4 Å². The number of benzene rings is 1. The molecule has 1 aliphatic heterocycles. The Kier molecular flexibility index (Phi) is 5.34. The molecule has 1 aliphatic rings. The third-order valence-corrected chi connectivity index (χ3v) is 4.08. The summed E-state index contributed by atoms with van der Waals surface area (Å²) in [5.41, 5.74) is 2.31. The van der Waals surface area contributed by atoms with Crippen molar-refractivity contribution in [1.29, 1.82) is 0 Å². The van der Waals surface area contributed by atoms with E-state index < -0.39 is 6.10 Å². The third kappa shape index (κ3) is 4.02. The molecule has 0 bridgehead atoms. The maximum atomic E-state index is 9.41. The largest absolute Gasteiger partial charge is 0.390 e. The molecule has 2 atom stereocenters. The van der Waals surface area contributed by atoms with E-state index in [1.807, 2.05) is 0 Å². The molecule has 106 valence electrons. The van der Waals surface area contributed by atoms with E-state index in [0.717, 1.165) is 12.2 Å². The molecule has 1 aromatic carbocycles. The van der Waals surface area contributed by atoms with Crippen LogP contribution in [0.2, 0.25) is 0 Å². The molecule has 0 amide bonds. The molecule has 2 rings (SSSR count). The van der Waals surface area contributed by atoms with Crippen LogP contribution in [0.5, 0.6) is 0 Å². The molecule has 0 aromatic heterocycles. The number of nitrogens with one attached hydrogen (secondary N) is 1. The van der Waals surface area contributed by atoms with Crippen LogP contribution >= 0.6 is 11.6 Å². The lowest BCUT2D eigenvalue weighted by Gasteiger charge is -2.35. The summed E-state index contributed by atoms with van der Waals surface area (Å²) in [7, 11) is 0. The van der Waals surface area contributed by atoms with Crippen molar-refractivity contribution in [3.8, 4) is 0 Å². The molecular formula is C15H23ClN2O. The van der Waals surface area contributed by atoms with Crippen LogP contribution in [0.3, 0.4) is 0 Å². The minimum Gasteiger partial charge on any atom is -0.390 e. The molecule has 1 saturated heterocycles. The first-order valence-electron chi connectivity index (χ1n) is 7.05. The number of piperidine rings is 1. The maximum Gasteiger partial charge on any atom is 0.0847 e. The van der Waals surface area contributed by atoms with Gasteiger partial charge in [0.25, 0.3) is 0 Å².